The zero-order valence-electron chi connectivity index (χ0n) is 12.6. The molecule has 1 saturated carbocycles. The van der Waals surface area contributed by atoms with Gasteiger partial charge in [-0.25, -0.2) is 0 Å². The molecular weight excluding hydrogens is 226 g/mol. The lowest BCUT2D eigenvalue weighted by Crippen LogP contribution is -2.56. The maximum absolute atomic E-state index is 6.19. The van der Waals surface area contributed by atoms with E-state index in [4.69, 9.17) is 9.47 Å². The third kappa shape index (κ3) is 4.22. The Bertz CT molecular complexity index is 213. The molecule has 1 aliphatic carbocycles. The van der Waals surface area contributed by atoms with Gasteiger partial charge >= 0.3 is 0 Å². The van der Waals surface area contributed by atoms with Crippen LogP contribution in [0.2, 0.25) is 0 Å². The summed E-state index contributed by atoms with van der Waals surface area (Å²) in [6.45, 7) is 12.0. The maximum Gasteiger partial charge on any atom is 0.0857 e. The molecular formula is C15H31NO2. The Morgan fingerprint density at radius 1 is 1.17 bits per heavy atom. The average Bonchev–Trinajstić information content (AvgIpc) is 2.38. The largest absolute Gasteiger partial charge is 0.380 e. The molecule has 3 nitrogen and oxygen atoms in total. The van der Waals surface area contributed by atoms with Crippen LogP contribution in [-0.4, -0.2) is 38.0 Å². The van der Waals surface area contributed by atoms with Crippen molar-refractivity contribution in [1.29, 1.82) is 0 Å². The molecule has 0 saturated heterocycles. The lowest BCUT2D eigenvalue weighted by molar-refractivity contribution is -0.110. The molecule has 0 spiro atoms. The third-order valence-corrected chi connectivity index (χ3v) is 4.13. The first kappa shape index (κ1) is 15.9. The summed E-state index contributed by atoms with van der Waals surface area (Å²) in [6.07, 6.45) is 4.86. The predicted octanol–water partition coefficient (Wildman–Crippen LogP) is 2.99. The summed E-state index contributed by atoms with van der Waals surface area (Å²) >= 11 is 0. The fourth-order valence-corrected chi connectivity index (χ4v) is 3.01. The van der Waals surface area contributed by atoms with Crippen molar-refractivity contribution in [1.82, 2.24) is 5.32 Å². The van der Waals surface area contributed by atoms with Crippen molar-refractivity contribution in [3.05, 3.63) is 0 Å². The van der Waals surface area contributed by atoms with E-state index < -0.39 is 0 Å². The Morgan fingerprint density at radius 3 is 2.33 bits per heavy atom. The molecule has 1 N–H and O–H groups in total. The van der Waals surface area contributed by atoms with Crippen molar-refractivity contribution in [2.24, 2.45) is 5.92 Å². The minimum atomic E-state index is -0.00750. The summed E-state index contributed by atoms with van der Waals surface area (Å²) in [4.78, 5) is 0. The fraction of sp³-hybridized carbons (Fsp3) is 1.00. The predicted molar refractivity (Wildman–Crippen MR) is 75.9 cm³/mol. The third-order valence-electron chi connectivity index (χ3n) is 4.13. The number of hydrogen-bond donors (Lipinski definition) is 1. The van der Waals surface area contributed by atoms with Crippen LogP contribution in [0, 0.1) is 5.92 Å². The quantitative estimate of drug-likeness (QED) is 0.725. The second-order valence-corrected chi connectivity index (χ2v) is 5.45. The molecule has 18 heavy (non-hydrogen) atoms. The van der Waals surface area contributed by atoms with Crippen molar-refractivity contribution < 1.29 is 9.47 Å². The van der Waals surface area contributed by atoms with Crippen molar-refractivity contribution in [2.45, 2.75) is 65.0 Å². The van der Waals surface area contributed by atoms with Gasteiger partial charge in [0.25, 0.3) is 0 Å². The zero-order chi connectivity index (χ0) is 13.4. The van der Waals surface area contributed by atoms with E-state index in [1.807, 2.05) is 0 Å². The Kier molecular flexibility index (Phi) is 7.20. The molecule has 0 bridgehead atoms. The summed E-state index contributed by atoms with van der Waals surface area (Å²) < 4.78 is 11.8. The molecule has 0 aromatic rings. The van der Waals surface area contributed by atoms with Crippen LogP contribution in [0.4, 0.5) is 0 Å². The minimum Gasteiger partial charge on any atom is -0.380 e. The van der Waals surface area contributed by atoms with Gasteiger partial charge in [-0.3, -0.25) is 0 Å². The lowest BCUT2D eigenvalue weighted by atomic mass is 9.75. The van der Waals surface area contributed by atoms with Crippen LogP contribution in [0.25, 0.3) is 0 Å². The Labute approximate surface area is 113 Å². The van der Waals surface area contributed by atoms with Gasteiger partial charge in [-0.2, -0.15) is 0 Å². The summed E-state index contributed by atoms with van der Waals surface area (Å²) in [5.74, 6) is 0.841. The van der Waals surface area contributed by atoms with Gasteiger partial charge in [0, 0.05) is 13.2 Å². The summed E-state index contributed by atoms with van der Waals surface area (Å²) in [5.41, 5.74) is -0.00750. The molecule has 0 aromatic carbocycles. The van der Waals surface area contributed by atoms with Crippen LogP contribution in [0.3, 0.4) is 0 Å². The first-order valence-corrected chi connectivity index (χ1v) is 7.63. The van der Waals surface area contributed by atoms with Gasteiger partial charge in [-0.15, -0.1) is 0 Å². The Balaban J connectivity index is 2.71. The zero-order valence-corrected chi connectivity index (χ0v) is 12.6. The summed E-state index contributed by atoms with van der Waals surface area (Å²) in [5, 5.41) is 3.58. The minimum absolute atomic E-state index is 0.00750. The first-order chi connectivity index (χ1) is 8.68. The normalized spacial score (nSPS) is 30.3. The highest BCUT2D eigenvalue weighted by Crippen LogP contribution is 2.37. The van der Waals surface area contributed by atoms with Gasteiger partial charge in [0.1, 0.15) is 0 Å². The molecule has 0 heterocycles. The van der Waals surface area contributed by atoms with Crippen molar-refractivity contribution in [2.75, 3.05) is 26.4 Å². The molecule has 3 heteroatoms. The summed E-state index contributed by atoms with van der Waals surface area (Å²) in [6, 6.07) is 0.329. The van der Waals surface area contributed by atoms with E-state index >= 15 is 0 Å². The van der Waals surface area contributed by atoms with Gasteiger partial charge in [0.2, 0.25) is 0 Å². The van der Waals surface area contributed by atoms with E-state index in [0.29, 0.717) is 6.04 Å². The van der Waals surface area contributed by atoms with Gasteiger partial charge in [-0.05, 0) is 52.0 Å². The smallest absolute Gasteiger partial charge is 0.0857 e. The van der Waals surface area contributed by atoms with Gasteiger partial charge in [0.15, 0.2) is 0 Å². The molecule has 0 aliphatic heterocycles. The van der Waals surface area contributed by atoms with Gasteiger partial charge < -0.3 is 14.8 Å². The molecule has 1 atom stereocenters. The van der Waals surface area contributed by atoms with Crippen LogP contribution < -0.4 is 5.32 Å². The van der Waals surface area contributed by atoms with Crippen LogP contribution in [0.5, 0.6) is 0 Å². The van der Waals surface area contributed by atoms with Crippen LogP contribution in [0.15, 0.2) is 0 Å². The van der Waals surface area contributed by atoms with Crippen molar-refractivity contribution in [3.63, 3.8) is 0 Å². The maximum atomic E-state index is 6.19. The van der Waals surface area contributed by atoms with Crippen molar-refractivity contribution in [3.8, 4) is 0 Å². The van der Waals surface area contributed by atoms with E-state index in [0.717, 1.165) is 45.1 Å². The monoisotopic (exact) mass is 257 g/mol. The number of rotatable bonds is 8. The summed E-state index contributed by atoms with van der Waals surface area (Å²) in [7, 11) is 0. The highest BCUT2D eigenvalue weighted by atomic mass is 16.5. The molecule has 1 unspecified atom stereocenters. The highest BCUT2D eigenvalue weighted by molar-refractivity contribution is 4.96. The van der Waals surface area contributed by atoms with Crippen molar-refractivity contribution >= 4 is 0 Å². The van der Waals surface area contributed by atoms with E-state index in [1.165, 1.54) is 12.8 Å². The average molecular weight is 257 g/mol. The SMILES string of the molecule is CCNC(COCC)C1(OCC)CCC(C)CC1. The molecule has 0 radical (unpaired) electrons. The molecule has 1 aliphatic rings. The molecule has 1 fully saturated rings. The van der Waals surface area contributed by atoms with Crippen LogP contribution in [0.1, 0.15) is 53.4 Å². The van der Waals surface area contributed by atoms with E-state index in [9.17, 15) is 0 Å². The Hall–Kier alpha value is -0.120. The van der Waals surface area contributed by atoms with Gasteiger partial charge in [-0.1, -0.05) is 13.8 Å². The number of nitrogens with one attached hydrogen (secondary N) is 1. The second kappa shape index (κ2) is 8.13. The van der Waals surface area contributed by atoms with Gasteiger partial charge in [0.05, 0.1) is 18.2 Å². The molecule has 0 aromatic heterocycles. The van der Waals surface area contributed by atoms with Crippen LogP contribution >= 0.6 is 0 Å². The number of hydrogen-bond acceptors (Lipinski definition) is 3. The highest BCUT2D eigenvalue weighted by Gasteiger charge is 2.41. The number of ether oxygens (including phenoxy) is 2. The standard InChI is InChI=1S/C15H31NO2/c1-5-16-14(12-17-6-2)15(18-7-3)10-8-13(4)9-11-15/h13-14,16H,5-12H2,1-4H3. The Morgan fingerprint density at radius 2 is 1.83 bits per heavy atom. The van der Waals surface area contributed by atoms with Crippen LogP contribution in [-0.2, 0) is 9.47 Å². The molecule has 1 rings (SSSR count). The lowest BCUT2D eigenvalue weighted by Gasteiger charge is -2.45. The van der Waals surface area contributed by atoms with E-state index in [-0.39, 0.29) is 5.60 Å². The number of likely N-dealkylation sites (N-methyl/N-ethyl adjacent to an activating group) is 1. The fourth-order valence-electron chi connectivity index (χ4n) is 3.01. The second-order valence-electron chi connectivity index (χ2n) is 5.45. The molecule has 108 valence electrons. The first-order valence-electron chi connectivity index (χ1n) is 7.63. The topological polar surface area (TPSA) is 30.5 Å². The van der Waals surface area contributed by atoms with E-state index in [1.54, 1.807) is 0 Å². The van der Waals surface area contributed by atoms with E-state index in [2.05, 4.69) is 33.0 Å². The molecule has 0 amide bonds.